The Morgan fingerprint density at radius 3 is 2.81 bits per heavy atom. The number of likely N-dealkylation sites (tertiary alicyclic amines) is 1. The zero-order valence-electron chi connectivity index (χ0n) is 10.4. The summed E-state index contributed by atoms with van der Waals surface area (Å²) < 4.78 is 0. The highest BCUT2D eigenvalue weighted by Gasteiger charge is 2.30. The van der Waals surface area contributed by atoms with Crippen molar-refractivity contribution in [1.29, 1.82) is 0 Å². The molecule has 2 N–H and O–H groups in total. The Kier molecular flexibility index (Phi) is 5.18. The molecular formula is C11H23N3O2. The Morgan fingerprint density at radius 2 is 2.25 bits per heavy atom. The van der Waals surface area contributed by atoms with Crippen LogP contribution in [0.5, 0.6) is 0 Å². The van der Waals surface area contributed by atoms with Crippen LogP contribution in [-0.2, 0) is 4.79 Å². The first-order valence-corrected chi connectivity index (χ1v) is 5.80. The Labute approximate surface area is 97.4 Å². The van der Waals surface area contributed by atoms with Crippen molar-refractivity contribution in [2.24, 2.45) is 0 Å². The van der Waals surface area contributed by atoms with E-state index in [1.54, 1.807) is 0 Å². The predicted molar refractivity (Wildman–Crippen MR) is 63.2 cm³/mol. The fourth-order valence-electron chi connectivity index (χ4n) is 2.22. The summed E-state index contributed by atoms with van der Waals surface area (Å²) in [6, 6.07) is 0.402. The van der Waals surface area contributed by atoms with Gasteiger partial charge in [0.25, 0.3) is 0 Å². The number of aliphatic hydroxyl groups excluding tert-OH is 1. The van der Waals surface area contributed by atoms with Crippen molar-refractivity contribution in [2.75, 3.05) is 40.3 Å². The van der Waals surface area contributed by atoms with Crippen LogP contribution in [0, 0.1) is 0 Å². The highest BCUT2D eigenvalue weighted by molar-refractivity contribution is 5.72. The van der Waals surface area contributed by atoms with Crippen LogP contribution >= 0.6 is 0 Å². The average Bonchev–Trinajstić information content (AvgIpc) is 2.44. The number of hydrogen-bond acceptors (Lipinski definition) is 4. The van der Waals surface area contributed by atoms with Crippen molar-refractivity contribution in [3.63, 3.8) is 0 Å². The predicted octanol–water partition coefficient (Wildman–Crippen LogP) is -0.881. The van der Waals surface area contributed by atoms with Crippen LogP contribution < -0.4 is 5.32 Å². The number of amides is 1. The number of rotatable bonds is 5. The van der Waals surface area contributed by atoms with Crippen LogP contribution in [0.3, 0.4) is 0 Å². The Hall–Kier alpha value is -0.650. The second kappa shape index (κ2) is 6.18. The first-order chi connectivity index (χ1) is 7.49. The van der Waals surface area contributed by atoms with Gasteiger partial charge in [0.1, 0.15) is 0 Å². The molecule has 1 aliphatic heterocycles. The number of carbonyl (C=O) groups excluding carboxylic acids is 1. The van der Waals surface area contributed by atoms with E-state index < -0.39 is 0 Å². The van der Waals surface area contributed by atoms with Gasteiger partial charge in [0.2, 0.25) is 5.91 Å². The summed E-state index contributed by atoms with van der Waals surface area (Å²) in [6.07, 6.45) is 0.611. The monoisotopic (exact) mass is 229 g/mol. The minimum atomic E-state index is -0.220. The van der Waals surface area contributed by atoms with E-state index >= 15 is 0 Å². The van der Waals surface area contributed by atoms with Crippen LogP contribution in [0.25, 0.3) is 0 Å². The van der Waals surface area contributed by atoms with E-state index in [-0.39, 0.29) is 12.0 Å². The molecule has 1 aliphatic rings. The molecule has 1 amide bonds. The van der Waals surface area contributed by atoms with Gasteiger partial charge in [-0.05, 0) is 20.5 Å². The molecular weight excluding hydrogens is 206 g/mol. The van der Waals surface area contributed by atoms with Crippen molar-refractivity contribution in [3.8, 4) is 0 Å². The lowest BCUT2D eigenvalue weighted by Crippen LogP contribution is -2.41. The lowest BCUT2D eigenvalue weighted by Gasteiger charge is -2.26. The van der Waals surface area contributed by atoms with Crippen LogP contribution in [0.15, 0.2) is 0 Å². The van der Waals surface area contributed by atoms with Gasteiger partial charge in [-0.15, -0.1) is 0 Å². The SMILES string of the molecule is CC(=O)NCCN1CC(O)CC1CN(C)C. The number of nitrogens with one attached hydrogen (secondary N) is 1. The van der Waals surface area contributed by atoms with Gasteiger partial charge in [-0.1, -0.05) is 0 Å². The average molecular weight is 229 g/mol. The molecule has 2 atom stereocenters. The largest absolute Gasteiger partial charge is 0.392 e. The molecule has 1 fully saturated rings. The van der Waals surface area contributed by atoms with E-state index in [2.05, 4.69) is 15.1 Å². The van der Waals surface area contributed by atoms with Crippen LogP contribution in [0.2, 0.25) is 0 Å². The van der Waals surface area contributed by atoms with E-state index in [1.165, 1.54) is 6.92 Å². The molecule has 0 spiro atoms. The molecule has 0 radical (unpaired) electrons. The number of aliphatic hydroxyl groups is 1. The standard InChI is InChI=1S/C11H23N3O2/c1-9(15)12-4-5-14-8-11(16)6-10(14)7-13(2)3/h10-11,16H,4-8H2,1-3H3,(H,12,15). The summed E-state index contributed by atoms with van der Waals surface area (Å²) in [5.41, 5.74) is 0. The van der Waals surface area contributed by atoms with Gasteiger partial charge in [0, 0.05) is 39.1 Å². The number of β-amino-alcohol motifs (C(OH)–C–C–N with tert-alkyl or cyclic N) is 1. The second-order valence-corrected chi connectivity index (χ2v) is 4.78. The van der Waals surface area contributed by atoms with E-state index in [9.17, 15) is 9.90 Å². The molecule has 5 heteroatoms. The third-order valence-electron chi connectivity index (χ3n) is 2.85. The minimum absolute atomic E-state index is 0.00362. The zero-order chi connectivity index (χ0) is 12.1. The molecule has 0 aromatic carbocycles. The van der Waals surface area contributed by atoms with Crippen molar-refractivity contribution in [2.45, 2.75) is 25.5 Å². The second-order valence-electron chi connectivity index (χ2n) is 4.78. The van der Waals surface area contributed by atoms with Crippen molar-refractivity contribution in [1.82, 2.24) is 15.1 Å². The van der Waals surface area contributed by atoms with Crippen molar-refractivity contribution in [3.05, 3.63) is 0 Å². The lowest BCUT2D eigenvalue weighted by atomic mass is 10.2. The van der Waals surface area contributed by atoms with Gasteiger partial charge < -0.3 is 15.3 Å². The highest BCUT2D eigenvalue weighted by atomic mass is 16.3. The summed E-state index contributed by atoms with van der Waals surface area (Å²) in [6.45, 7) is 4.67. The molecule has 1 rings (SSSR count). The number of carbonyl (C=O) groups is 1. The third kappa shape index (κ3) is 4.47. The summed E-state index contributed by atoms with van der Waals surface area (Å²) >= 11 is 0. The number of hydrogen-bond donors (Lipinski definition) is 2. The van der Waals surface area contributed by atoms with Gasteiger partial charge in [-0.2, -0.15) is 0 Å². The zero-order valence-corrected chi connectivity index (χ0v) is 10.4. The first-order valence-electron chi connectivity index (χ1n) is 5.80. The summed E-state index contributed by atoms with van der Waals surface area (Å²) in [7, 11) is 4.08. The Balaban J connectivity index is 2.34. The van der Waals surface area contributed by atoms with Crippen molar-refractivity contribution >= 4 is 5.91 Å². The van der Waals surface area contributed by atoms with Gasteiger partial charge in [-0.25, -0.2) is 0 Å². The number of nitrogens with zero attached hydrogens (tertiary/aromatic N) is 2. The minimum Gasteiger partial charge on any atom is -0.392 e. The van der Waals surface area contributed by atoms with E-state index in [0.29, 0.717) is 12.6 Å². The van der Waals surface area contributed by atoms with Crippen molar-refractivity contribution < 1.29 is 9.90 Å². The van der Waals surface area contributed by atoms with E-state index in [4.69, 9.17) is 0 Å². The molecule has 0 aromatic rings. The molecule has 1 heterocycles. The molecule has 94 valence electrons. The fourth-order valence-corrected chi connectivity index (χ4v) is 2.22. The Bertz CT molecular complexity index is 233. The van der Waals surface area contributed by atoms with Crippen LogP contribution in [0.4, 0.5) is 0 Å². The summed E-state index contributed by atoms with van der Waals surface area (Å²) in [5, 5.41) is 12.4. The molecule has 0 bridgehead atoms. The van der Waals surface area contributed by atoms with Gasteiger partial charge in [0.15, 0.2) is 0 Å². The molecule has 1 saturated heterocycles. The van der Waals surface area contributed by atoms with Gasteiger partial charge in [0.05, 0.1) is 6.10 Å². The highest BCUT2D eigenvalue weighted by Crippen LogP contribution is 2.17. The lowest BCUT2D eigenvalue weighted by molar-refractivity contribution is -0.119. The quantitative estimate of drug-likeness (QED) is 0.643. The fraction of sp³-hybridized carbons (Fsp3) is 0.909. The molecule has 2 unspecified atom stereocenters. The molecule has 16 heavy (non-hydrogen) atoms. The maximum atomic E-state index is 10.8. The topological polar surface area (TPSA) is 55.8 Å². The van der Waals surface area contributed by atoms with Crippen LogP contribution in [-0.4, -0.2) is 73.2 Å². The summed E-state index contributed by atoms with van der Waals surface area (Å²) in [5.74, 6) is 0.00362. The van der Waals surface area contributed by atoms with E-state index in [0.717, 1.165) is 26.1 Å². The molecule has 0 aliphatic carbocycles. The maximum Gasteiger partial charge on any atom is 0.216 e. The normalized spacial score (nSPS) is 26.3. The van der Waals surface area contributed by atoms with Gasteiger partial charge >= 0.3 is 0 Å². The van der Waals surface area contributed by atoms with Gasteiger partial charge in [-0.3, -0.25) is 9.69 Å². The molecule has 5 nitrogen and oxygen atoms in total. The number of likely N-dealkylation sites (N-methyl/N-ethyl adjacent to an activating group) is 1. The van der Waals surface area contributed by atoms with E-state index in [1.807, 2.05) is 14.1 Å². The third-order valence-corrected chi connectivity index (χ3v) is 2.85. The first kappa shape index (κ1) is 13.4. The smallest absolute Gasteiger partial charge is 0.216 e. The Morgan fingerprint density at radius 1 is 1.56 bits per heavy atom. The van der Waals surface area contributed by atoms with Crippen LogP contribution in [0.1, 0.15) is 13.3 Å². The molecule has 0 saturated carbocycles. The maximum absolute atomic E-state index is 10.8. The summed E-state index contributed by atoms with van der Waals surface area (Å²) in [4.78, 5) is 15.1. The molecule has 0 aromatic heterocycles.